The van der Waals surface area contributed by atoms with E-state index in [9.17, 15) is 57.7 Å². The van der Waals surface area contributed by atoms with Crippen LogP contribution in [0.2, 0.25) is 0 Å². The van der Waals surface area contributed by atoms with Crippen LogP contribution in [0.1, 0.15) is 107 Å². The number of carbonyl (C=O) groups is 3. The summed E-state index contributed by atoms with van der Waals surface area (Å²) in [5.41, 5.74) is 19.3. The molecule has 0 spiro atoms. The number of aromatic nitrogens is 2. The van der Waals surface area contributed by atoms with Gasteiger partial charge in [-0.25, -0.2) is 18.2 Å². The van der Waals surface area contributed by atoms with Crippen molar-refractivity contribution in [1.29, 1.82) is 0 Å². The van der Waals surface area contributed by atoms with E-state index in [0.717, 1.165) is 89.4 Å². The lowest BCUT2D eigenvalue weighted by atomic mass is 9.78. The third-order valence-electron chi connectivity index (χ3n) is 17.9. The minimum Gasteiger partial charge on any atom is -0.497 e. The lowest BCUT2D eigenvalue weighted by molar-refractivity contribution is -0.121. The van der Waals surface area contributed by atoms with Crippen LogP contribution < -0.4 is 60.8 Å². The van der Waals surface area contributed by atoms with Gasteiger partial charge in [0, 0.05) is 41.8 Å². The molecule has 0 saturated heterocycles. The number of halogens is 3. The molecule has 0 fully saturated rings. The molecule has 0 bridgehead atoms. The molecule has 0 radical (unpaired) electrons. The van der Waals surface area contributed by atoms with E-state index in [2.05, 4.69) is 30.9 Å². The van der Waals surface area contributed by atoms with Crippen LogP contribution in [0.3, 0.4) is 0 Å². The van der Waals surface area contributed by atoms with Crippen molar-refractivity contribution in [3.63, 3.8) is 0 Å². The Bertz CT molecular complexity index is 4620. The largest absolute Gasteiger partial charge is 0.497 e. The number of fused-ring (bicyclic) bond motifs is 3. The van der Waals surface area contributed by atoms with E-state index >= 15 is 0 Å². The topological polar surface area (TPSA) is 302 Å². The summed E-state index contributed by atoms with van der Waals surface area (Å²) in [5, 5.41) is 69.0. The Hall–Kier alpha value is -10.6. The number of hydrogen-bond acceptors (Lipinski definition) is 20. The first-order valence-electron chi connectivity index (χ1n) is 32.7. The van der Waals surface area contributed by atoms with Gasteiger partial charge in [-0.15, -0.1) is 22.7 Å². The predicted molar refractivity (Wildman–Crippen MR) is 405 cm³/mol. The molecule has 0 unspecified atom stereocenters. The van der Waals surface area contributed by atoms with Gasteiger partial charge in [0.05, 0.1) is 108 Å². The zero-order valence-corrected chi connectivity index (χ0v) is 60.3. The average molecular weight is 1470 g/mol. The van der Waals surface area contributed by atoms with Crippen LogP contribution in [0, 0.1) is 17.5 Å². The number of nitrogens with zero attached hydrogens (tertiary/aromatic N) is 3. The molecule has 105 heavy (non-hydrogen) atoms. The second-order valence-electron chi connectivity index (χ2n) is 24.3. The van der Waals surface area contributed by atoms with Crippen molar-refractivity contribution in [3.05, 3.63) is 220 Å². The van der Waals surface area contributed by atoms with Crippen LogP contribution in [0.25, 0.3) is 51.7 Å². The van der Waals surface area contributed by atoms with E-state index in [4.69, 9.17) is 28.4 Å². The Morgan fingerprint density at radius 3 is 1.13 bits per heavy atom. The van der Waals surface area contributed by atoms with Crippen molar-refractivity contribution in [2.75, 3.05) is 49.2 Å². The van der Waals surface area contributed by atoms with Crippen molar-refractivity contribution < 1.29 is 86.1 Å². The first kappa shape index (κ1) is 77.0. The number of hydrogen-bond donors (Lipinski definition) is 9. The van der Waals surface area contributed by atoms with Gasteiger partial charge in [0.25, 0.3) is 0 Å². The van der Waals surface area contributed by atoms with Crippen molar-refractivity contribution in [1.82, 2.24) is 25.9 Å². The van der Waals surface area contributed by atoms with E-state index in [-0.39, 0.29) is 105 Å². The molecule has 3 amide bonds. The number of thiazole rings is 2. The molecule has 29 heteroatoms. The first-order valence-corrected chi connectivity index (χ1v) is 34.5. The molecule has 3 aliphatic carbocycles. The second-order valence-corrected chi connectivity index (χ2v) is 26.0. The molecule has 8 aromatic rings. The van der Waals surface area contributed by atoms with Gasteiger partial charge in [-0.1, -0.05) is 18.2 Å². The fraction of sp³-hybridized carbons (Fsp3) is 0.211. The highest BCUT2D eigenvalue weighted by molar-refractivity contribution is 7.09. The quantitative estimate of drug-likeness (QED) is 0.0255. The molecule has 0 saturated carbocycles. The van der Waals surface area contributed by atoms with Crippen molar-refractivity contribution in [2.45, 2.75) is 59.5 Å². The van der Waals surface area contributed by atoms with Gasteiger partial charge in [-0.3, -0.25) is 24.4 Å². The summed E-state index contributed by atoms with van der Waals surface area (Å²) in [6, 6.07) is 23.6. The summed E-state index contributed by atoms with van der Waals surface area (Å²) >= 11 is 2.92. The van der Waals surface area contributed by atoms with Gasteiger partial charge in [0.1, 0.15) is 51.9 Å². The molecule has 0 atom stereocenters. The lowest BCUT2D eigenvalue weighted by Gasteiger charge is -2.14. The van der Waals surface area contributed by atoms with E-state index in [1.54, 1.807) is 84.2 Å². The maximum Gasteiger partial charge on any atom is 0.496 e. The van der Waals surface area contributed by atoms with E-state index in [1.807, 2.05) is 44.4 Å². The maximum atomic E-state index is 14.2. The molecule has 1 aliphatic heterocycles. The predicted octanol–water partition coefficient (Wildman–Crippen LogP) is 8.74. The first-order chi connectivity index (χ1) is 50.4. The highest BCUT2D eigenvalue weighted by Crippen LogP contribution is 2.47. The summed E-state index contributed by atoms with van der Waals surface area (Å²) in [5.74, 6) is -0.124. The monoisotopic (exact) mass is 1460 g/mol. The second kappa shape index (κ2) is 34.8. The number of methoxy groups -OCH3 is 6. The van der Waals surface area contributed by atoms with Crippen LogP contribution in [0.15, 0.2) is 147 Å². The molecule has 540 valence electrons. The molecule has 21 nitrogen and oxygen atoms in total. The van der Waals surface area contributed by atoms with Crippen LogP contribution in [0.5, 0.6) is 34.5 Å². The number of nitrogens with one attached hydrogen (secondary N) is 3. The lowest BCUT2D eigenvalue weighted by Crippen LogP contribution is -2.32. The van der Waals surface area contributed by atoms with E-state index in [1.165, 1.54) is 102 Å². The van der Waals surface area contributed by atoms with Crippen molar-refractivity contribution in [3.8, 4) is 34.5 Å². The average Bonchev–Trinajstić information content (AvgIpc) is 1.67. The molecule has 2 aromatic heterocycles. The SMILES string of the molecule is COc1cc(/C=C2/C(C)=C(CC(=O)NCC3=CN=CC3)c3cc(F)ccc32)cc(OC)c1B(O)O.COc1cc(/C=C2/C(C)=C(CC(=O)NCc3cncs3)c3cc(F)ccc32)cc(OC)c1B(O)O.COc1cc(/C=C2/C(C)=C(CC(=O)NCc3cscn3)c3cc(F)ccc32)cc(OC)c1B(O)O. The van der Waals surface area contributed by atoms with Crippen LogP contribution in [0.4, 0.5) is 13.2 Å². The molecule has 6 aromatic carbocycles. The Morgan fingerprint density at radius 1 is 0.486 bits per heavy atom. The smallest absolute Gasteiger partial charge is 0.496 e. The fourth-order valence-electron chi connectivity index (χ4n) is 12.7. The number of rotatable bonds is 24. The van der Waals surface area contributed by atoms with Crippen LogP contribution in [-0.4, -0.2) is 135 Å². The van der Waals surface area contributed by atoms with E-state index < -0.39 is 21.4 Å². The number of ether oxygens (including phenoxy) is 6. The maximum absolute atomic E-state index is 14.2. The number of allylic oxidation sites excluding steroid dienone is 6. The molecule has 3 heterocycles. The number of carbonyl (C=O) groups excluding carboxylic acids is 3. The Balaban J connectivity index is 0.000000169. The normalized spacial score (nSPS) is 14.3. The van der Waals surface area contributed by atoms with E-state index in [0.29, 0.717) is 53.0 Å². The minimum atomic E-state index is -1.77. The number of benzene rings is 6. The third kappa shape index (κ3) is 18.0. The Morgan fingerprint density at radius 2 is 0.838 bits per heavy atom. The van der Waals surface area contributed by atoms with Gasteiger partial charge < -0.3 is 74.5 Å². The highest BCUT2D eigenvalue weighted by Gasteiger charge is 2.32. The summed E-state index contributed by atoms with van der Waals surface area (Å²) < 4.78 is 74.6. The summed E-state index contributed by atoms with van der Waals surface area (Å²) in [4.78, 5) is 51.3. The number of amides is 3. The van der Waals surface area contributed by atoms with Crippen LogP contribution in [-0.2, 0) is 27.5 Å². The van der Waals surface area contributed by atoms with Crippen LogP contribution >= 0.6 is 22.7 Å². The Kier molecular flexibility index (Phi) is 25.5. The van der Waals surface area contributed by atoms with Gasteiger partial charge in [0.2, 0.25) is 17.7 Å². The summed E-state index contributed by atoms with van der Waals surface area (Å²) in [6.07, 6.45) is 11.9. The highest BCUT2D eigenvalue weighted by atomic mass is 32.1. The molecular weight excluding hydrogens is 1390 g/mol. The zero-order valence-electron chi connectivity index (χ0n) is 58.7. The number of aliphatic imine (C=N–C) groups is 1. The zero-order chi connectivity index (χ0) is 75.3. The minimum absolute atomic E-state index is 0.0893. The molecule has 12 rings (SSSR count). The van der Waals surface area contributed by atoms with Gasteiger partial charge in [0.15, 0.2) is 0 Å². The molecular formula is C76H74B3F3N6O15S2. The summed E-state index contributed by atoms with van der Waals surface area (Å²) in [6.45, 7) is 6.84. The Labute approximate surface area is 613 Å². The fourth-order valence-corrected chi connectivity index (χ4v) is 13.8. The van der Waals surface area contributed by atoms with Crippen molar-refractivity contribution in [2.24, 2.45) is 4.99 Å². The van der Waals surface area contributed by atoms with Gasteiger partial charge in [-0.05, 0) is 218 Å². The summed E-state index contributed by atoms with van der Waals surface area (Å²) in [7, 11) is 3.27. The standard InChI is InChI=1S/C26H26BFN2O5.2C25H24BFN2O5S/c1-15-20(8-17-9-23(34-2)26(27(32)33)24(10-17)35-3)19-5-4-18(28)11-22(19)21(15)12-25(31)30-14-16-6-7-29-13-16;1-14-19(6-15-7-22(33-2)25(26(31)32)23(8-15)34-3)18-5-4-16(27)9-21(18)20(14)10-24(30)28-11-17-12-35-13-29-17;1-14-19(6-15-7-22(33-2)25(26(31)32)23(8-15)34-3)18-5-4-16(27)9-21(18)20(14)10-24(30)29-12-17-11-28-13-35-17/h4-5,7-11,13,32-33H,6,12,14H2,1-3H3,(H,30,31);4-9,12-13,31-32H,10-11H2,1-3H3,(H,28,30);4-9,11,13,31-32H,10,12H2,1-3H3,(H,29,30)/b20-8-;2*19-6-. The third-order valence-corrected chi connectivity index (χ3v) is 19.3. The molecule has 9 N–H and O–H groups in total. The van der Waals surface area contributed by atoms with Gasteiger partial charge in [-0.2, -0.15) is 0 Å². The van der Waals surface area contributed by atoms with Gasteiger partial charge >= 0.3 is 21.4 Å². The molecule has 4 aliphatic rings. The van der Waals surface area contributed by atoms with Crippen molar-refractivity contribution >= 4 is 136 Å².